The summed E-state index contributed by atoms with van der Waals surface area (Å²) in [4.78, 5) is 25.3. The van der Waals surface area contributed by atoms with E-state index < -0.39 is 18.2 Å². The molecule has 0 aromatic carbocycles. The molecule has 0 saturated carbocycles. The lowest BCUT2D eigenvalue weighted by Crippen LogP contribution is -2.51. The summed E-state index contributed by atoms with van der Waals surface area (Å²) in [6.07, 6.45) is 39.5. The maximum Gasteiger partial charge on any atom is 0.306 e. The smallest absolute Gasteiger partial charge is 0.306 e. The van der Waals surface area contributed by atoms with Crippen LogP contribution in [0.1, 0.15) is 200 Å². The third kappa shape index (κ3) is 32.0. The first-order valence-corrected chi connectivity index (χ1v) is 20.7. The van der Waals surface area contributed by atoms with E-state index in [4.69, 9.17) is 20.9 Å². The number of hydrogen-bond donors (Lipinski definition) is 3. The first-order valence-electron chi connectivity index (χ1n) is 20.7. The number of aliphatic hydroxyl groups is 1. The molecule has 0 bridgehead atoms. The summed E-state index contributed by atoms with van der Waals surface area (Å²) in [7, 11) is 0. The number of carbonyl (C=O) groups is 2. The number of aliphatic hydroxyl groups excluding tert-OH is 1. The molecule has 49 heavy (non-hydrogen) atoms. The molecule has 0 amide bonds. The van der Waals surface area contributed by atoms with Crippen molar-refractivity contribution in [3.63, 3.8) is 0 Å². The quantitative estimate of drug-likeness (QED) is 0.0336. The van der Waals surface area contributed by atoms with E-state index in [0.29, 0.717) is 12.8 Å². The van der Waals surface area contributed by atoms with Gasteiger partial charge in [0, 0.05) is 32.0 Å². The number of hydrogen-bond acceptors (Lipinski definition) is 7. The molecule has 0 aromatic rings. The average molecular weight is 693 g/mol. The summed E-state index contributed by atoms with van der Waals surface area (Å²) in [6, 6.07) is -0.663. The van der Waals surface area contributed by atoms with Crippen molar-refractivity contribution in [1.29, 1.82) is 0 Å². The van der Waals surface area contributed by atoms with E-state index in [1.807, 2.05) is 0 Å². The molecule has 0 saturated heterocycles. The Kier molecular flexibility index (Phi) is 36.2. The molecule has 0 rings (SSSR count). The van der Waals surface area contributed by atoms with E-state index in [2.05, 4.69) is 38.2 Å². The normalized spacial score (nSPS) is 13.7. The summed E-state index contributed by atoms with van der Waals surface area (Å²) in [5.41, 5.74) is 12.2. The van der Waals surface area contributed by atoms with Gasteiger partial charge in [0.2, 0.25) is 0 Å². The van der Waals surface area contributed by atoms with Gasteiger partial charge in [-0.2, -0.15) is 0 Å². The predicted molar refractivity (Wildman–Crippen MR) is 207 cm³/mol. The van der Waals surface area contributed by atoms with Gasteiger partial charge in [-0.25, -0.2) is 0 Å². The van der Waals surface area contributed by atoms with Crippen LogP contribution in [0, 0.1) is 0 Å². The Morgan fingerprint density at radius 3 is 1.27 bits per heavy atom. The summed E-state index contributed by atoms with van der Waals surface area (Å²) in [5, 5.41) is 9.44. The van der Waals surface area contributed by atoms with Gasteiger partial charge in [-0.1, -0.05) is 141 Å². The van der Waals surface area contributed by atoms with Crippen molar-refractivity contribution in [3.05, 3.63) is 24.3 Å². The number of nitrogens with two attached hydrogens (primary N) is 2. The van der Waals surface area contributed by atoms with Crippen molar-refractivity contribution in [3.8, 4) is 0 Å². The van der Waals surface area contributed by atoms with Gasteiger partial charge >= 0.3 is 11.9 Å². The highest BCUT2D eigenvalue weighted by Gasteiger charge is 2.32. The average Bonchev–Trinajstić information content (AvgIpc) is 3.09. The number of unbranched alkanes of at least 4 members (excludes halogenated alkanes) is 22. The van der Waals surface area contributed by atoms with Gasteiger partial charge in [0.1, 0.15) is 0 Å². The van der Waals surface area contributed by atoms with Crippen LogP contribution in [0.4, 0.5) is 0 Å². The molecule has 7 heteroatoms. The minimum atomic E-state index is -0.870. The largest absolute Gasteiger partial charge is 0.457 e. The van der Waals surface area contributed by atoms with Crippen molar-refractivity contribution in [2.24, 2.45) is 11.5 Å². The maximum absolute atomic E-state index is 12.7. The summed E-state index contributed by atoms with van der Waals surface area (Å²) >= 11 is 0. The van der Waals surface area contributed by atoms with Gasteiger partial charge in [-0.15, -0.1) is 0 Å². The second kappa shape index (κ2) is 37.6. The Bertz CT molecular complexity index is 787. The van der Waals surface area contributed by atoms with Crippen molar-refractivity contribution in [1.82, 2.24) is 0 Å². The van der Waals surface area contributed by atoms with Crippen LogP contribution in [-0.2, 0) is 19.1 Å². The van der Waals surface area contributed by atoms with E-state index in [0.717, 1.165) is 64.2 Å². The van der Waals surface area contributed by atoms with Crippen molar-refractivity contribution < 1.29 is 24.2 Å². The summed E-state index contributed by atoms with van der Waals surface area (Å²) in [5.74, 6) is -0.703. The van der Waals surface area contributed by atoms with Crippen LogP contribution in [-0.4, -0.2) is 48.4 Å². The highest BCUT2D eigenvalue weighted by molar-refractivity contribution is 5.70. The van der Waals surface area contributed by atoms with E-state index in [1.165, 1.54) is 103 Å². The molecule has 0 aliphatic rings. The molecule has 0 fully saturated rings. The fourth-order valence-corrected chi connectivity index (χ4v) is 6.12. The zero-order chi connectivity index (χ0) is 36.0. The summed E-state index contributed by atoms with van der Waals surface area (Å²) < 4.78 is 11.4. The number of carbonyl (C=O) groups excluding carboxylic acids is 2. The second-order valence-corrected chi connectivity index (χ2v) is 14.1. The van der Waals surface area contributed by atoms with Gasteiger partial charge in [0.05, 0.1) is 0 Å². The molecule has 3 unspecified atom stereocenters. The van der Waals surface area contributed by atoms with Crippen LogP contribution >= 0.6 is 0 Å². The number of ether oxygens (including phenoxy) is 2. The van der Waals surface area contributed by atoms with Gasteiger partial charge in [0.25, 0.3) is 0 Å². The van der Waals surface area contributed by atoms with Gasteiger partial charge < -0.3 is 26.0 Å². The number of rotatable bonds is 37. The monoisotopic (exact) mass is 693 g/mol. The molecule has 3 atom stereocenters. The Morgan fingerprint density at radius 1 is 0.551 bits per heavy atom. The fraction of sp³-hybridized carbons (Fsp3) is 0.857. The number of esters is 2. The molecule has 288 valence electrons. The minimum absolute atomic E-state index is 0.00257. The van der Waals surface area contributed by atoms with Crippen molar-refractivity contribution in [2.75, 3.05) is 13.2 Å². The van der Waals surface area contributed by atoms with Crippen LogP contribution in [0.5, 0.6) is 0 Å². The number of allylic oxidation sites excluding steroid dienone is 4. The lowest BCUT2D eigenvalue weighted by molar-refractivity contribution is -0.169. The topological polar surface area (TPSA) is 125 Å². The Labute approximate surface area is 302 Å². The van der Waals surface area contributed by atoms with Crippen LogP contribution in [0.25, 0.3) is 0 Å². The standard InChI is InChI=1S/C42H80N2O5/c1-3-5-7-9-11-13-15-17-19-21-23-25-27-29-31-33-40(46)48-39(37-43)42(38(44)35-36-45)49-41(47)34-32-30-28-26-24-22-20-18-16-14-12-10-8-6-4-2/h17-20,38-39,42,45H,3-16,21-37,43-44H2,1-2H3/b19-17-,20-18-. The highest BCUT2D eigenvalue weighted by Crippen LogP contribution is 2.16. The molecule has 0 spiro atoms. The van der Waals surface area contributed by atoms with Gasteiger partial charge in [-0.05, 0) is 70.6 Å². The zero-order valence-electron chi connectivity index (χ0n) is 32.2. The van der Waals surface area contributed by atoms with Crippen LogP contribution in [0.3, 0.4) is 0 Å². The molecular formula is C42H80N2O5. The lowest BCUT2D eigenvalue weighted by atomic mass is 10.0. The third-order valence-corrected chi connectivity index (χ3v) is 9.32. The Balaban J connectivity index is 4.15. The molecule has 7 nitrogen and oxygen atoms in total. The SMILES string of the molecule is CCCCCCCC/C=C\CCCCCCCC(=O)OC(CN)C(OC(=O)CCCCCCC/C=C\CCCCCCCC)C(N)CCO. The van der Waals surface area contributed by atoms with Crippen LogP contribution in [0.2, 0.25) is 0 Å². The molecule has 0 radical (unpaired) electrons. The Morgan fingerprint density at radius 2 is 0.898 bits per heavy atom. The van der Waals surface area contributed by atoms with E-state index in [9.17, 15) is 14.7 Å². The van der Waals surface area contributed by atoms with Crippen molar-refractivity contribution >= 4 is 11.9 Å². The van der Waals surface area contributed by atoms with Gasteiger partial charge in [-0.3, -0.25) is 9.59 Å². The zero-order valence-corrected chi connectivity index (χ0v) is 32.2. The second-order valence-electron chi connectivity index (χ2n) is 14.1. The molecule has 5 N–H and O–H groups in total. The van der Waals surface area contributed by atoms with Crippen LogP contribution < -0.4 is 11.5 Å². The fourth-order valence-electron chi connectivity index (χ4n) is 6.12. The van der Waals surface area contributed by atoms with E-state index in [1.54, 1.807) is 0 Å². The molecule has 0 aliphatic carbocycles. The van der Waals surface area contributed by atoms with Gasteiger partial charge in [0.15, 0.2) is 12.2 Å². The first-order chi connectivity index (χ1) is 24.0. The minimum Gasteiger partial charge on any atom is -0.457 e. The first kappa shape index (κ1) is 47.3. The highest BCUT2D eigenvalue weighted by atomic mass is 16.6. The maximum atomic E-state index is 12.7. The van der Waals surface area contributed by atoms with Crippen LogP contribution in [0.15, 0.2) is 24.3 Å². The molecule has 0 aliphatic heterocycles. The molecule has 0 heterocycles. The Hall–Kier alpha value is -1.70. The van der Waals surface area contributed by atoms with E-state index in [-0.39, 0.29) is 31.5 Å². The van der Waals surface area contributed by atoms with E-state index >= 15 is 0 Å². The predicted octanol–water partition coefficient (Wildman–Crippen LogP) is 10.6. The molecular weight excluding hydrogens is 612 g/mol. The molecule has 0 aromatic heterocycles. The summed E-state index contributed by atoms with van der Waals surface area (Å²) in [6.45, 7) is 4.36. The third-order valence-electron chi connectivity index (χ3n) is 9.32. The lowest BCUT2D eigenvalue weighted by Gasteiger charge is -2.30. The van der Waals surface area contributed by atoms with Crippen molar-refractivity contribution in [2.45, 2.75) is 218 Å².